The number of benzene rings is 3. The molecule has 3 aromatic carbocycles. The fraction of sp³-hybridized carbons (Fsp3) is 0.324. The maximum atomic E-state index is 15.1. The number of carbonyl (C=O) groups excluding carboxylic acids is 2. The lowest BCUT2D eigenvalue weighted by molar-refractivity contribution is -0.137. The molecule has 2 heterocycles. The number of pyridine rings is 1. The molecule has 1 aliphatic heterocycles. The van der Waals surface area contributed by atoms with Crippen LogP contribution in [0.15, 0.2) is 72.9 Å². The second-order valence-corrected chi connectivity index (χ2v) is 10.8. The first kappa shape index (κ1) is 30.0. The zero-order chi connectivity index (χ0) is 30.2. The number of halogens is 1. The van der Waals surface area contributed by atoms with Gasteiger partial charge in [-0.3, -0.25) is 14.6 Å². The van der Waals surface area contributed by atoms with E-state index in [4.69, 9.17) is 14.2 Å². The van der Waals surface area contributed by atoms with Crippen molar-refractivity contribution in [3.05, 3.63) is 89.9 Å². The smallest absolute Gasteiger partial charge is 0.287 e. The van der Waals surface area contributed by atoms with Crippen molar-refractivity contribution in [3.63, 3.8) is 0 Å². The third kappa shape index (κ3) is 7.87. The van der Waals surface area contributed by atoms with E-state index in [9.17, 15) is 9.59 Å². The largest absolute Gasteiger partial charge is 0.493 e. The molecule has 1 saturated heterocycles. The summed E-state index contributed by atoms with van der Waals surface area (Å²) in [5, 5.41) is 3.27. The minimum Gasteiger partial charge on any atom is -0.493 e. The number of fused-ring (bicyclic) bond motifs is 1. The molecule has 43 heavy (non-hydrogen) atoms. The van der Waals surface area contributed by atoms with Crippen molar-refractivity contribution < 1.29 is 28.2 Å². The third-order valence-corrected chi connectivity index (χ3v) is 7.68. The van der Waals surface area contributed by atoms with Gasteiger partial charge in [-0.15, -0.1) is 0 Å². The van der Waals surface area contributed by atoms with Gasteiger partial charge in [0.15, 0.2) is 23.1 Å². The predicted octanol–water partition coefficient (Wildman–Crippen LogP) is 5.37. The normalized spacial score (nSPS) is 13.9. The maximum Gasteiger partial charge on any atom is 0.287 e. The van der Waals surface area contributed by atoms with Gasteiger partial charge in [0.2, 0.25) is 5.78 Å². The molecular weight excluding hydrogens is 549 g/mol. The van der Waals surface area contributed by atoms with Gasteiger partial charge in [-0.05, 0) is 80.7 Å². The van der Waals surface area contributed by atoms with E-state index in [-0.39, 0.29) is 12.2 Å². The van der Waals surface area contributed by atoms with E-state index < -0.39 is 17.5 Å². The van der Waals surface area contributed by atoms with Gasteiger partial charge in [0.25, 0.3) is 5.91 Å². The topological polar surface area (TPSA) is 90.0 Å². The van der Waals surface area contributed by atoms with Gasteiger partial charge < -0.3 is 24.4 Å². The first-order chi connectivity index (χ1) is 20.9. The summed E-state index contributed by atoms with van der Waals surface area (Å²) < 4.78 is 32.8. The van der Waals surface area contributed by atoms with Crippen molar-refractivity contribution in [2.45, 2.75) is 25.7 Å². The second-order valence-electron chi connectivity index (χ2n) is 10.8. The monoisotopic (exact) mass is 585 g/mol. The minimum absolute atomic E-state index is 0.0161. The summed E-state index contributed by atoms with van der Waals surface area (Å²) in [7, 11) is 3.70. The molecule has 1 amide bonds. The molecule has 4 aromatic rings. The molecule has 5 rings (SSSR count). The highest BCUT2D eigenvalue weighted by Crippen LogP contribution is 2.38. The van der Waals surface area contributed by atoms with Crippen molar-refractivity contribution in [2.24, 2.45) is 5.92 Å². The lowest BCUT2D eigenvalue weighted by Gasteiger charge is -2.28. The van der Waals surface area contributed by atoms with Crippen LogP contribution >= 0.6 is 0 Å². The fourth-order valence-corrected chi connectivity index (χ4v) is 5.11. The quantitative estimate of drug-likeness (QED) is 0.224. The number of Topliss-reactive ketones (excluding diaryl/α,β-unsaturated/α-hetero) is 1. The summed E-state index contributed by atoms with van der Waals surface area (Å²) in [6.07, 6.45) is 4.16. The van der Waals surface area contributed by atoms with Gasteiger partial charge in [-0.25, -0.2) is 4.39 Å². The molecule has 0 spiro atoms. The number of ketones is 1. The Balaban J connectivity index is 1.22. The highest BCUT2D eigenvalue weighted by molar-refractivity contribution is 6.36. The maximum absolute atomic E-state index is 15.1. The number of ether oxygens (including phenoxy) is 3. The van der Waals surface area contributed by atoms with Gasteiger partial charge in [0.05, 0.1) is 19.2 Å². The lowest BCUT2D eigenvalue weighted by atomic mass is 9.98. The highest BCUT2D eigenvalue weighted by Gasteiger charge is 2.20. The SMILES string of the molecule is COc1cc2c(Oc3ccc(CC(=O)C(=O)NCCc4ccccc4)cc3F)ccnc2cc1OCC1CCN(C)CC1. The Labute approximate surface area is 250 Å². The molecule has 1 N–H and O–H groups in total. The van der Waals surface area contributed by atoms with E-state index in [1.807, 2.05) is 36.4 Å². The Morgan fingerprint density at radius 2 is 1.74 bits per heavy atom. The summed E-state index contributed by atoms with van der Waals surface area (Å²) >= 11 is 0. The van der Waals surface area contributed by atoms with Crippen LogP contribution in [0.3, 0.4) is 0 Å². The number of rotatable bonds is 12. The van der Waals surface area contributed by atoms with Crippen molar-refractivity contribution in [1.29, 1.82) is 0 Å². The third-order valence-electron chi connectivity index (χ3n) is 7.68. The van der Waals surface area contributed by atoms with Crippen LogP contribution in [0.25, 0.3) is 10.9 Å². The molecule has 0 saturated carbocycles. The predicted molar refractivity (Wildman–Crippen MR) is 162 cm³/mol. The first-order valence-corrected chi connectivity index (χ1v) is 14.5. The summed E-state index contributed by atoms with van der Waals surface area (Å²) in [5.74, 6) is 0.0193. The molecular formula is C34H36FN3O5. The standard InChI is InChI=1S/C34H36FN3O5/c1-38-16-12-24(13-17-38)22-42-33-21-28-26(20-32(33)41-2)30(11-15-36-28)43-31-9-8-25(18-27(31)35)19-29(39)34(40)37-14-10-23-6-4-3-5-7-23/h3-9,11,15,18,20-21,24H,10,12-14,16-17,19,22H2,1-2H3,(H,37,40). The summed E-state index contributed by atoms with van der Waals surface area (Å²) in [5.41, 5.74) is 2.06. The number of likely N-dealkylation sites (tertiary alicyclic amines) is 1. The number of nitrogens with one attached hydrogen (secondary N) is 1. The number of carbonyl (C=O) groups is 2. The number of nitrogens with zero attached hydrogens (tertiary/aromatic N) is 2. The molecule has 1 aliphatic rings. The van der Waals surface area contributed by atoms with Crippen LogP contribution in [0, 0.1) is 11.7 Å². The zero-order valence-electron chi connectivity index (χ0n) is 24.5. The van der Waals surface area contributed by atoms with E-state index in [1.54, 1.807) is 31.5 Å². The van der Waals surface area contributed by atoms with E-state index in [2.05, 4.69) is 22.2 Å². The van der Waals surface area contributed by atoms with Crippen LogP contribution < -0.4 is 19.5 Å². The molecule has 8 nitrogen and oxygen atoms in total. The molecule has 0 aliphatic carbocycles. The average molecular weight is 586 g/mol. The van der Waals surface area contributed by atoms with Gasteiger partial charge >= 0.3 is 0 Å². The van der Waals surface area contributed by atoms with Crippen molar-refractivity contribution >= 4 is 22.6 Å². The Morgan fingerprint density at radius 1 is 0.953 bits per heavy atom. The molecule has 0 atom stereocenters. The van der Waals surface area contributed by atoms with Crippen molar-refractivity contribution in [1.82, 2.24) is 15.2 Å². The molecule has 0 bridgehead atoms. The molecule has 0 radical (unpaired) electrons. The van der Waals surface area contributed by atoms with Crippen LogP contribution in [-0.4, -0.2) is 62.0 Å². The van der Waals surface area contributed by atoms with Gasteiger partial charge in [-0.1, -0.05) is 36.4 Å². The van der Waals surface area contributed by atoms with E-state index >= 15 is 4.39 Å². The Kier molecular flexibility index (Phi) is 9.84. The van der Waals surface area contributed by atoms with Gasteiger partial charge in [-0.2, -0.15) is 0 Å². The van der Waals surface area contributed by atoms with E-state index in [0.29, 0.717) is 59.2 Å². The Bertz CT molecular complexity index is 1570. The molecule has 224 valence electrons. The molecule has 1 fully saturated rings. The van der Waals surface area contributed by atoms with Crippen molar-refractivity contribution in [2.75, 3.05) is 40.4 Å². The Hall–Kier alpha value is -4.50. The highest BCUT2D eigenvalue weighted by atomic mass is 19.1. The number of methoxy groups -OCH3 is 1. The summed E-state index contributed by atoms with van der Waals surface area (Å²) in [4.78, 5) is 31.5. The van der Waals surface area contributed by atoms with Crippen LogP contribution in [0.2, 0.25) is 0 Å². The van der Waals surface area contributed by atoms with Crippen LogP contribution in [0.1, 0.15) is 24.0 Å². The fourth-order valence-electron chi connectivity index (χ4n) is 5.11. The number of piperidine rings is 1. The van der Waals surface area contributed by atoms with Crippen LogP contribution in [-0.2, 0) is 22.4 Å². The summed E-state index contributed by atoms with van der Waals surface area (Å²) in [6.45, 7) is 3.06. The van der Waals surface area contributed by atoms with Crippen LogP contribution in [0.5, 0.6) is 23.0 Å². The van der Waals surface area contributed by atoms with E-state index in [1.165, 1.54) is 12.1 Å². The Morgan fingerprint density at radius 3 is 2.49 bits per heavy atom. The number of amides is 1. The molecule has 1 aromatic heterocycles. The van der Waals surface area contributed by atoms with Crippen LogP contribution in [0.4, 0.5) is 4.39 Å². The van der Waals surface area contributed by atoms with Gasteiger partial charge in [0.1, 0.15) is 5.75 Å². The van der Waals surface area contributed by atoms with Gasteiger partial charge in [0, 0.05) is 30.6 Å². The first-order valence-electron chi connectivity index (χ1n) is 14.5. The van der Waals surface area contributed by atoms with E-state index in [0.717, 1.165) is 31.5 Å². The number of aromatic nitrogens is 1. The number of hydrogen-bond acceptors (Lipinski definition) is 7. The number of hydrogen-bond donors (Lipinski definition) is 1. The lowest BCUT2D eigenvalue weighted by Crippen LogP contribution is -2.33. The molecule has 0 unspecified atom stereocenters. The van der Waals surface area contributed by atoms with Crippen molar-refractivity contribution in [3.8, 4) is 23.0 Å². The molecule has 9 heteroatoms. The zero-order valence-corrected chi connectivity index (χ0v) is 24.5. The average Bonchev–Trinajstić information content (AvgIpc) is 3.02. The summed E-state index contributed by atoms with van der Waals surface area (Å²) in [6, 6.07) is 19.1. The minimum atomic E-state index is -0.691. The second kappa shape index (κ2) is 14.1.